The Hall–Kier alpha value is -2.26. The molecular weight excluding hydrogens is 326 g/mol. The SMILES string of the molecule is CCN(CC)c1c(-c2ccccc2)sc(-c2ccc(OC)cc2)c1C. The van der Waals surface area contributed by atoms with E-state index in [2.05, 4.69) is 68.1 Å². The van der Waals surface area contributed by atoms with E-state index in [4.69, 9.17) is 4.74 Å². The van der Waals surface area contributed by atoms with Crippen LogP contribution in [0.4, 0.5) is 5.69 Å². The molecule has 0 aliphatic heterocycles. The summed E-state index contributed by atoms with van der Waals surface area (Å²) >= 11 is 1.88. The molecule has 0 fully saturated rings. The predicted octanol–water partition coefficient (Wildman–Crippen LogP) is 6.25. The van der Waals surface area contributed by atoms with Gasteiger partial charge in [-0.25, -0.2) is 0 Å². The Morgan fingerprint density at radius 2 is 1.44 bits per heavy atom. The summed E-state index contributed by atoms with van der Waals surface area (Å²) in [5.74, 6) is 0.894. The molecule has 0 atom stereocenters. The molecule has 0 aliphatic carbocycles. The second-order valence-electron chi connectivity index (χ2n) is 6.00. The van der Waals surface area contributed by atoms with Gasteiger partial charge in [-0.2, -0.15) is 0 Å². The monoisotopic (exact) mass is 351 g/mol. The van der Waals surface area contributed by atoms with Crippen LogP contribution < -0.4 is 9.64 Å². The van der Waals surface area contributed by atoms with Crippen molar-refractivity contribution in [3.8, 4) is 26.6 Å². The molecule has 3 heteroatoms. The minimum Gasteiger partial charge on any atom is -0.497 e. The van der Waals surface area contributed by atoms with E-state index in [1.807, 2.05) is 23.5 Å². The zero-order valence-corrected chi connectivity index (χ0v) is 16.2. The Kier molecular flexibility index (Phi) is 5.44. The summed E-state index contributed by atoms with van der Waals surface area (Å²) in [7, 11) is 1.71. The van der Waals surface area contributed by atoms with E-state index < -0.39 is 0 Å². The van der Waals surface area contributed by atoms with Crippen LogP contribution in [-0.4, -0.2) is 20.2 Å². The largest absolute Gasteiger partial charge is 0.497 e. The van der Waals surface area contributed by atoms with E-state index in [-0.39, 0.29) is 0 Å². The van der Waals surface area contributed by atoms with Gasteiger partial charge in [0.15, 0.2) is 0 Å². The quantitative estimate of drug-likeness (QED) is 0.521. The van der Waals surface area contributed by atoms with Gasteiger partial charge in [0.05, 0.1) is 17.7 Å². The van der Waals surface area contributed by atoms with Crippen molar-refractivity contribution >= 4 is 17.0 Å². The number of rotatable bonds is 6. The number of methoxy groups -OCH3 is 1. The highest BCUT2D eigenvalue weighted by Crippen LogP contribution is 2.47. The molecule has 2 aromatic carbocycles. The molecule has 0 spiro atoms. The summed E-state index contributed by atoms with van der Waals surface area (Å²) in [5, 5.41) is 0. The maximum absolute atomic E-state index is 5.30. The average molecular weight is 352 g/mol. The summed E-state index contributed by atoms with van der Waals surface area (Å²) in [6.45, 7) is 8.72. The fourth-order valence-electron chi connectivity index (χ4n) is 3.23. The first-order valence-electron chi connectivity index (χ1n) is 8.77. The highest BCUT2D eigenvalue weighted by molar-refractivity contribution is 7.19. The molecule has 0 unspecified atom stereocenters. The van der Waals surface area contributed by atoms with Gasteiger partial charge in [-0.05, 0) is 61.7 Å². The Labute approximate surface area is 154 Å². The minimum atomic E-state index is 0.894. The molecule has 0 amide bonds. The molecule has 0 aliphatic rings. The van der Waals surface area contributed by atoms with Gasteiger partial charge in [-0.15, -0.1) is 11.3 Å². The van der Waals surface area contributed by atoms with Gasteiger partial charge in [-0.1, -0.05) is 30.3 Å². The highest BCUT2D eigenvalue weighted by Gasteiger charge is 2.20. The molecule has 2 nitrogen and oxygen atoms in total. The van der Waals surface area contributed by atoms with Gasteiger partial charge in [0, 0.05) is 18.0 Å². The number of thiophene rings is 1. The lowest BCUT2D eigenvalue weighted by molar-refractivity contribution is 0.415. The first-order valence-corrected chi connectivity index (χ1v) is 9.59. The summed E-state index contributed by atoms with van der Waals surface area (Å²) in [6, 6.07) is 19.1. The molecule has 130 valence electrons. The number of hydrogen-bond acceptors (Lipinski definition) is 3. The first kappa shape index (κ1) is 17.6. The summed E-state index contributed by atoms with van der Waals surface area (Å²) in [6.07, 6.45) is 0. The topological polar surface area (TPSA) is 12.5 Å². The van der Waals surface area contributed by atoms with Crippen LogP contribution in [0.25, 0.3) is 20.9 Å². The number of hydrogen-bond donors (Lipinski definition) is 0. The van der Waals surface area contributed by atoms with Crippen LogP contribution >= 0.6 is 11.3 Å². The molecule has 0 saturated heterocycles. The van der Waals surface area contributed by atoms with Crippen molar-refractivity contribution in [1.82, 2.24) is 0 Å². The van der Waals surface area contributed by atoms with Crippen molar-refractivity contribution in [2.45, 2.75) is 20.8 Å². The number of ether oxygens (including phenoxy) is 1. The van der Waals surface area contributed by atoms with Gasteiger partial charge >= 0.3 is 0 Å². The first-order chi connectivity index (χ1) is 12.2. The Morgan fingerprint density at radius 3 is 2.00 bits per heavy atom. The van der Waals surface area contributed by atoms with E-state index in [0.29, 0.717) is 0 Å². The molecule has 1 heterocycles. The molecule has 3 rings (SSSR count). The van der Waals surface area contributed by atoms with Crippen LogP contribution in [0, 0.1) is 6.92 Å². The van der Waals surface area contributed by atoms with Crippen molar-refractivity contribution in [3.05, 3.63) is 60.2 Å². The summed E-state index contributed by atoms with van der Waals surface area (Å²) in [5.41, 5.74) is 5.26. The standard InChI is InChI=1S/C22H25NOS/c1-5-23(6-2)20-16(3)21(18-12-14-19(24-4)15-13-18)25-22(20)17-10-8-7-9-11-17/h7-15H,5-6H2,1-4H3. The Morgan fingerprint density at radius 1 is 0.840 bits per heavy atom. The second-order valence-corrected chi connectivity index (χ2v) is 7.02. The van der Waals surface area contributed by atoms with Gasteiger partial charge < -0.3 is 9.64 Å². The minimum absolute atomic E-state index is 0.894. The van der Waals surface area contributed by atoms with Crippen LogP contribution in [0.3, 0.4) is 0 Å². The van der Waals surface area contributed by atoms with E-state index in [1.165, 1.54) is 32.1 Å². The van der Waals surface area contributed by atoms with Crippen molar-refractivity contribution < 1.29 is 4.74 Å². The predicted molar refractivity (Wildman–Crippen MR) is 110 cm³/mol. The van der Waals surface area contributed by atoms with Crippen LogP contribution in [-0.2, 0) is 0 Å². The summed E-state index contributed by atoms with van der Waals surface area (Å²) < 4.78 is 5.30. The fraction of sp³-hybridized carbons (Fsp3) is 0.273. The Bertz CT molecular complexity index is 817. The third-order valence-corrected chi connectivity index (χ3v) is 5.96. The molecule has 0 bridgehead atoms. The lowest BCUT2D eigenvalue weighted by atomic mass is 10.1. The van der Waals surface area contributed by atoms with E-state index in [0.717, 1.165) is 18.8 Å². The van der Waals surface area contributed by atoms with E-state index >= 15 is 0 Å². The smallest absolute Gasteiger partial charge is 0.118 e. The van der Waals surface area contributed by atoms with Gasteiger partial charge in [0.1, 0.15) is 5.75 Å². The van der Waals surface area contributed by atoms with Crippen molar-refractivity contribution in [2.75, 3.05) is 25.1 Å². The second kappa shape index (κ2) is 7.75. The van der Waals surface area contributed by atoms with Crippen LogP contribution in [0.1, 0.15) is 19.4 Å². The molecule has 0 radical (unpaired) electrons. The van der Waals surface area contributed by atoms with Crippen LogP contribution in [0.2, 0.25) is 0 Å². The molecule has 3 aromatic rings. The maximum Gasteiger partial charge on any atom is 0.118 e. The zero-order valence-electron chi connectivity index (χ0n) is 15.4. The number of benzene rings is 2. The molecule has 0 saturated carbocycles. The van der Waals surface area contributed by atoms with Crippen LogP contribution in [0.5, 0.6) is 5.75 Å². The normalized spacial score (nSPS) is 10.7. The Balaban J connectivity index is 2.17. The van der Waals surface area contributed by atoms with Gasteiger partial charge in [0.25, 0.3) is 0 Å². The number of anilines is 1. The molecule has 1 aromatic heterocycles. The van der Waals surface area contributed by atoms with Crippen molar-refractivity contribution in [3.63, 3.8) is 0 Å². The number of nitrogens with zero attached hydrogens (tertiary/aromatic N) is 1. The van der Waals surface area contributed by atoms with E-state index in [9.17, 15) is 0 Å². The van der Waals surface area contributed by atoms with Crippen molar-refractivity contribution in [1.29, 1.82) is 0 Å². The molecule has 0 N–H and O–H groups in total. The van der Waals surface area contributed by atoms with Crippen molar-refractivity contribution in [2.24, 2.45) is 0 Å². The fourth-order valence-corrected chi connectivity index (χ4v) is 4.57. The average Bonchev–Trinajstić information content (AvgIpc) is 3.01. The zero-order chi connectivity index (χ0) is 17.8. The molecule has 25 heavy (non-hydrogen) atoms. The third-order valence-electron chi connectivity index (χ3n) is 4.58. The highest BCUT2D eigenvalue weighted by atomic mass is 32.1. The summed E-state index contributed by atoms with van der Waals surface area (Å²) in [4.78, 5) is 5.15. The van der Waals surface area contributed by atoms with Gasteiger partial charge in [0.2, 0.25) is 0 Å². The lowest BCUT2D eigenvalue weighted by Gasteiger charge is -2.23. The molecular formula is C22H25NOS. The van der Waals surface area contributed by atoms with E-state index in [1.54, 1.807) is 7.11 Å². The lowest BCUT2D eigenvalue weighted by Crippen LogP contribution is -2.22. The maximum atomic E-state index is 5.30. The third kappa shape index (κ3) is 3.42. The van der Waals surface area contributed by atoms with Crippen LogP contribution in [0.15, 0.2) is 54.6 Å². The van der Waals surface area contributed by atoms with Gasteiger partial charge in [-0.3, -0.25) is 0 Å².